The lowest BCUT2D eigenvalue weighted by Gasteiger charge is -2.45. The molecule has 0 aromatic heterocycles. The van der Waals surface area contributed by atoms with Gasteiger partial charge in [-0.05, 0) is 50.3 Å². The highest BCUT2D eigenvalue weighted by atomic mass is 32.1. The van der Waals surface area contributed by atoms with Crippen LogP contribution in [0.15, 0.2) is 24.3 Å². The number of nitrogens with zero attached hydrogens (tertiary/aromatic N) is 2. The van der Waals surface area contributed by atoms with Gasteiger partial charge in [0.05, 0.1) is 6.42 Å². The Kier molecular flexibility index (Phi) is 4.70. The molecule has 2 saturated heterocycles. The number of carbonyl (C=O) groups is 4. The van der Waals surface area contributed by atoms with Gasteiger partial charge in [0.25, 0.3) is 0 Å². The average molecular weight is 389 g/mol. The van der Waals surface area contributed by atoms with Crippen molar-refractivity contribution < 1.29 is 19.2 Å². The zero-order valence-electron chi connectivity index (χ0n) is 15.0. The van der Waals surface area contributed by atoms with Gasteiger partial charge in [-0.3, -0.25) is 24.5 Å². The fraction of sp³-hybridized carbons (Fsp3) is 0.353. The highest BCUT2D eigenvalue weighted by molar-refractivity contribution is 7.80. The molecule has 2 fully saturated rings. The van der Waals surface area contributed by atoms with E-state index in [0.29, 0.717) is 11.4 Å². The summed E-state index contributed by atoms with van der Waals surface area (Å²) in [6.45, 7) is 4.65. The number of nitrogens with one attached hydrogen (secondary N) is 3. The van der Waals surface area contributed by atoms with E-state index in [-0.39, 0.29) is 29.3 Å². The Labute approximate surface area is 161 Å². The predicted octanol–water partition coefficient (Wildman–Crippen LogP) is 0.595. The molecule has 0 spiro atoms. The molecule has 3 N–H and O–H groups in total. The lowest BCUT2D eigenvalue weighted by molar-refractivity contribution is -0.154. The van der Waals surface area contributed by atoms with Crippen LogP contribution >= 0.6 is 12.2 Å². The Hall–Kier alpha value is -2.85. The molecule has 0 bridgehead atoms. The zero-order chi connectivity index (χ0) is 19.9. The average Bonchev–Trinajstić information content (AvgIpc) is 2.93. The number of benzene rings is 1. The number of hydrogen-bond donors (Lipinski definition) is 3. The van der Waals surface area contributed by atoms with Crippen molar-refractivity contribution in [2.75, 3.05) is 10.6 Å². The largest absolute Gasteiger partial charge is 0.326 e. The first-order valence-electron chi connectivity index (χ1n) is 8.27. The molecule has 1 atom stereocenters. The van der Waals surface area contributed by atoms with Crippen LogP contribution in [0.25, 0.3) is 0 Å². The minimum Gasteiger partial charge on any atom is -0.326 e. The summed E-state index contributed by atoms with van der Waals surface area (Å²) < 4.78 is 0. The van der Waals surface area contributed by atoms with Crippen LogP contribution in [0.2, 0.25) is 0 Å². The Bertz CT molecular complexity index is 851. The Balaban J connectivity index is 1.80. The molecule has 1 aromatic carbocycles. The number of hydrogen-bond acceptors (Lipinski definition) is 6. The van der Waals surface area contributed by atoms with Gasteiger partial charge in [-0.1, -0.05) is 0 Å². The quantitative estimate of drug-likeness (QED) is 0.653. The monoisotopic (exact) mass is 389 g/mol. The number of amides is 4. The third-order valence-electron chi connectivity index (χ3n) is 4.43. The zero-order valence-corrected chi connectivity index (χ0v) is 15.8. The molecule has 1 aromatic rings. The van der Waals surface area contributed by atoms with Gasteiger partial charge >= 0.3 is 0 Å². The summed E-state index contributed by atoms with van der Waals surface area (Å²) in [5.41, 5.74) is -0.0186. The maximum atomic E-state index is 12.8. The van der Waals surface area contributed by atoms with Crippen molar-refractivity contribution in [3.63, 3.8) is 0 Å². The van der Waals surface area contributed by atoms with E-state index in [1.807, 2.05) is 0 Å². The third kappa shape index (κ3) is 3.40. The molecule has 2 heterocycles. The summed E-state index contributed by atoms with van der Waals surface area (Å²) in [4.78, 5) is 48.5. The van der Waals surface area contributed by atoms with Gasteiger partial charge in [0.1, 0.15) is 11.6 Å². The number of rotatable bonds is 3. The van der Waals surface area contributed by atoms with Crippen LogP contribution < -0.4 is 16.0 Å². The third-order valence-corrected chi connectivity index (χ3v) is 4.71. The van der Waals surface area contributed by atoms with Gasteiger partial charge in [-0.2, -0.15) is 5.01 Å². The second kappa shape index (κ2) is 6.71. The molecule has 2 aliphatic rings. The van der Waals surface area contributed by atoms with E-state index in [9.17, 15) is 19.2 Å². The van der Waals surface area contributed by atoms with Crippen molar-refractivity contribution in [2.45, 2.75) is 38.8 Å². The molecule has 0 saturated carbocycles. The minimum absolute atomic E-state index is 0.0284. The molecule has 142 valence electrons. The topological polar surface area (TPSA) is 111 Å². The first kappa shape index (κ1) is 18.9. The van der Waals surface area contributed by atoms with E-state index >= 15 is 0 Å². The second-order valence-corrected chi connectivity index (χ2v) is 7.22. The van der Waals surface area contributed by atoms with Crippen molar-refractivity contribution in [1.29, 1.82) is 0 Å². The summed E-state index contributed by atoms with van der Waals surface area (Å²) in [6.07, 6.45) is -0.0889. The fourth-order valence-corrected chi connectivity index (χ4v) is 3.41. The smallest absolute Gasteiger partial charge is 0.248 e. The standard InChI is InChI=1S/C17H19N5O4S/c1-9(23)18-10-4-6-11(7-5-10)19-14(25)12-8-13(24)21-16(27)20-15(26)17(2,3)22(12)21/h4-7,12H,8H2,1-3H3,(H,18,23)(H,19,25)(H,20,26,27)/t12-/m0/s1. The maximum absolute atomic E-state index is 12.8. The number of thiocarbonyl (C=S) groups is 1. The van der Waals surface area contributed by atoms with Crippen LogP contribution in [0.3, 0.4) is 0 Å². The van der Waals surface area contributed by atoms with Crippen LogP contribution in [0.1, 0.15) is 27.2 Å². The van der Waals surface area contributed by atoms with Gasteiger partial charge < -0.3 is 10.6 Å². The van der Waals surface area contributed by atoms with E-state index in [4.69, 9.17) is 12.2 Å². The second-order valence-electron chi connectivity index (χ2n) is 6.84. The summed E-state index contributed by atoms with van der Waals surface area (Å²) in [5, 5.41) is 10.4. The van der Waals surface area contributed by atoms with E-state index in [1.54, 1.807) is 38.1 Å². The Morgan fingerprint density at radius 2 is 1.70 bits per heavy atom. The van der Waals surface area contributed by atoms with Gasteiger partial charge in [0.15, 0.2) is 5.11 Å². The molecule has 3 rings (SSSR count). The molecule has 2 aliphatic heterocycles. The van der Waals surface area contributed by atoms with Crippen LogP contribution in [-0.2, 0) is 19.2 Å². The van der Waals surface area contributed by atoms with E-state index in [1.165, 1.54) is 16.9 Å². The summed E-state index contributed by atoms with van der Waals surface area (Å²) in [6, 6.07) is 5.70. The fourth-order valence-electron chi connectivity index (χ4n) is 3.13. The van der Waals surface area contributed by atoms with Crippen LogP contribution in [-0.4, -0.2) is 50.3 Å². The molecule has 0 unspecified atom stereocenters. The molecular formula is C17H19N5O4S. The van der Waals surface area contributed by atoms with Gasteiger partial charge in [-0.25, -0.2) is 5.01 Å². The van der Waals surface area contributed by atoms with Gasteiger partial charge in [-0.15, -0.1) is 0 Å². The molecule has 10 heteroatoms. The summed E-state index contributed by atoms with van der Waals surface area (Å²) in [7, 11) is 0. The van der Waals surface area contributed by atoms with Crippen LogP contribution in [0.5, 0.6) is 0 Å². The molecule has 27 heavy (non-hydrogen) atoms. The van der Waals surface area contributed by atoms with E-state index < -0.39 is 17.5 Å². The molecular weight excluding hydrogens is 370 g/mol. The van der Waals surface area contributed by atoms with Gasteiger partial charge in [0.2, 0.25) is 23.6 Å². The highest BCUT2D eigenvalue weighted by Gasteiger charge is 2.56. The van der Waals surface area contributed by atoms with E-state index in [2.05, 4.69) is 16.0 Å². The number of hydrazine groups is 1. The minimum atomic E-state index is -1.12. The lowest BCUT2D eigenvalue weighted by atomic mass is 10.00. The molecule has 0 radical (unpaired) electrons. The van der Waals surface area contributed by atoms with Crippen molar-refractivity contribution in [2.24, 2.45) is 0 Å². The SMILES string of the molecule is CC(=O)Nc1ccc(NC(=O)[C@@H]2CC(=O)N3C(=S)NC(=O)C(C)(C)N23)cc1. The summed E-state index contributed by atoms with van der Waals surface area (Å²) in [5.74, 6) is -1.35. The number of anilines is 2. The summed E-state index contributed by atoms with van der Waals surface area (Å²) >= 11 is 5.08. The van der Waals surface area contributed by atoms with Crippen molar-refractivity contribution >= 4 is 52.3 Å². The first-order valence-corrected chi connectivity index (χ1v) is 8.68. The normalized spacial score (nSPS) is 21.5. The molecule has 4 amide bonds. The van der Waals surface area contributed by atoms with Crippen LogP contribution in [0.4, 0.5) is 11.4 Å². The van der Waals surface area contributed by atoms with E-state index in [0.717, 1.165) is 0 Å². The van der Waals surface area contributed by atoms with Crippen molar-refractivity contribution in [3.8, 4) is 0 Å². The van der Waals surface area contributed by atoms with Crippen molar-refractivity contribution in [3.05, 3.63) is 24.3 Å². The maximum Gasteiger partial charge on any atom is 0.248 e. The predicted molar refractivity (Wildman–Crippen MR) is 101 cm³/mol. The Morgan fingerprint density at radius 3 is 2.26 bits per heavy atom. The lowest BCUT2D eigenvalue weighted by Crippen LogP contribution is -2.71. The first-order chi connectivity index (χ1) is 12.6. The molecule has 9 nitrogen and oxygen atoms in total. The Morgan fingerprint density at radius 1 is 1.15 bits per heavy atom. The van der Waals surface area contributed by atoms with Crippen LogP contribution in [0, 0.1) is 0 Å². The number of carbonyl (C=O) groups excluding carboxylic acids is 4. The van der Waals surface area contributed by atoms with Gasteiger partial charge in [0, 0.05) is 18.3 Å². The highest BCUT2D eigenvalue weighted by Crippen LogP contribution is 2.33. The number of fused-ring (bicyclic) bond motifs is 1. The molecule has 0 aliphatic carbocycles. The van der Waals surface area contributed by atoms with Crippen molar-refractivity contribution in [1.82, 2.24) is 15.3 Å².